The highest BCUT2D eigenvalue weighted by Crippen LogP contribution is 2.48. The Labute approximate surface area is 233 Å². The van der Waals surface area contributed by atoms with Crippen LogP contribution in [0.25, 0.3) is 21.5 Å². The lowest BCUT2D eigenvalue weighted by molar-refractivity contribution is 0.0256. The number of ether oxygens (including phenoxy) is 2. The Morgan fingerprint density at radius 2 is 2.00 bits per heavy atom. The molecule has 2 bridgehead atoms. The van der Waals surface area contributed by atoms with Gasteiger partial charge in [0.25, 0.3) is 0 Å². The summed E-state index contributed by atoms with van der Waals surface area (Å²) in [4.78, 5) is 19.2. The molecule has 2 aliphatic carbocycles. The number of carbonyl (C=O) groups is 1. The number of carbonyl (C=O) groups excluding carboxylic acids is 1. The Balaban J connectivity index is 1.13. The zero-order valence-electron chi connectivity index (χ0n) is 20.7. The predicted molar refractivity (Wildman–Crippen MR) is 147 cm³/mol. The summed E-state index contributed by atoms with van der Waals surface area (Å²) in [6.07, 6.45) is 4.36. The molecule has 3 heterocycles. The van der Waals surface area contributed by atoms with Crippen LogP contribution in [0.2, 0.25) is 10.0 Å². The lowest BCUT2D eigenvalue weighted by atomic mass is 10.0. The number of nitrogens with zero attached hydrogens (tertiary/aromatic N) is 3. The molecule has 1 saturated heterocycles. The van der Waals surface area contributed by atoms with Crippen molar-refractivity contribution in [2.24, 2.45) is 5.92 Å². The minimum Gasteiger partial charge on any atom is -0.465 e. The summed E-state index contributed by atoms with van der Waals surface area (Å²) < 4.78 is 18.3. The van der Waals surface area contributed by atoms with Crippen LogP contribution in [0.5, 0.6) is 0 Å². The van der Waals surface area contributed by atoms with Crippen LogP contribution >= 0.6 is 34.5 Å². The number of piperidine rings is 1. The van der Waals surface area contributed by atoms with E-state index in [1.54, 1.807) is 17.4 Å². The third-order valence-corrected chi connectivity index (χ3v) is 9.56. The maximum atomic E-state index is 12.0. The van der Waals surface area contributed by atoms with E-state index in [9.17, 15) is 4.79 Å². The van der Waals surface area contributed by atoms with Gasteiger partial charge in [0, 0.05) is 23.6 Å². The molecule has 10 heteroatoms. The second kappa shape index (κ2) is 9.52. The molecular weight excluding hydrogens is 545 g/mol. The fraction of sp³-hybridized carbons (Fsp3) is 0.393. The van der Waals surface area contributed by atoms with Crippen LogP contribution in [-0.2, 0) is 16.1 Å². The molecule has 196 valence electrons. The Hall–Kier alpha value is -2.65. The molecule has 4 aromatic rings. The molecule has 38 heavy (non-hydrogen) atoms. The summed E-state index contributed by atoms with van der Waals surface area (Å²) >= 11 is 14.7. The van der Waals surface area contributed by atoms with Crippen molar-refractivity contribution < 1.29 is 18.8 Å². The van der Waals surface area contributed by atoms with Gasteiger partial charge < -0.3 is 18.9 Å². The summed E-state index contributed by atoms with van der Waals surface area (Å²) in [5, 5.41) is 6.46. The minimum absolute atomic E-state index is 0.0721. The molecule has 0 N–H and O–H groups in total. The number of methoxy groups -OCH3 is 1. The van der Waals surface area contributed by atoms with E-state index in [4.69, 9.17) is 42.2 Å². The summed E-state index contributed by atoms with van der Waals surface area (Å²) in [7, 11) is 1.39. The van der Waals surface area contributed by atoms with Crippen LogP contribution in [-0.4, -0.2) is 41.9 Å². The van der Waals surface area contributed by atoms with Gasteiger partial charge in [0.1, 0.15) is 11.5 Å². The van der Waals surface area contributed by atoms with Gasteiger partial charge in [0.05, 0.1) is 51.7 Å². The first-order valence-corrected chi connectivity index (χ1v) is 14.4. The van der Waals surface area contributed by atoms with E-state index >= 15 is 0 Å². The summed E-state index contributed by atoms with van der Waals surface area (Å²) in [6, 6.07) is 11.2. The number of rotatable bonds is 7. The first-order chi connectivity index (χ1) is 18.5. The summed E-state index contributed by atoms with van der Waals surface area (Å²) in [5.41, 5.74) is 3.74. The quantitative estimate of drug-likeness (QED) is 0.219. The van der Waals surface area contributed by atoms with E-state index in [1.807, 2.05) is 30.3 Å². The number of thiazole rings is 1. The predicted octanol–water partition coefficient (Wildman–Crippen LogP) is 7.11. The second-order valence-electron chi connectivity index (χ2n) is 10.3. The third-order valence-electron chi connectivity index (χ3n) is 7.88. The van der Waals surface area contributed by atoms with Crippen LogP contribution in [0, 0.1) is 5.92 Å². The van der Waals surface area contributed by atoms with E-state index in [1.165, 1.54) is 7.11 Å². The Bertz CT molecular complexity index is 1530. The Morgan fingerprint density at radius 3 is 2.74 bits per heavy atom. The number of hydrogen-bond donors (Lipinski definition) is 0. The number of esters is 1. The molecule has 7 nitrogen and oxygen atoms in total. The fourth-order valence-corrected chi connectivity index (χ4v) is 7.53. The van der Waals surface area contributed by atoms with Crippen molar-refractivity contribution in [3.05, 3.63) is 63.3 Å². The number of anilines is 1. The molecule has 2 aromatic heterocycles. The third kappa shape index (κ3) is 4.18. The highest BCUT2D eigenvalue weighted by Gasteiger charge is 2.47. The van der Waals surface area contributed by atoms with Gasteiger partial charge in [0.15, 0.2) is 5.13 Å². The van der Waals surface area contributed by atoms with Crippen LogP contribution in [0.1, 0.15) is 53.3 Å². The van der Waals surface area contributed by atoms with E-state index in [2.05, 4.69) is 10.1 Å². The van der Waals surface area contributed by atoms with E-state index in [-0.39, 0.29) is 18.1 Å². The van der Waals surface area contributed by atoms with Crippen LogP contribution < -0.4 is 4.90 Å². The summed E-state index contributed by atoms with van der Waals surface area (Å²) in [5.74, 6) is 1.49. The molecular formula is C28H25Cl2N3O4S. The largest absolute Gasteiger partial charge is 0.465 e. The number of hydrogen-bond acceptors (Lipinski definition) is 8. The topological polar surface area (TPSA) is 77.7 Å². The molecule has 1 aliphatic heterocycles. The SMILES string of the molecule is COC(=O)c1ccc2nc(N3C[C@@H]4C[C@H](OCc5c(-c6c(Cl)cccc6Cl)noc5C5CC5)[C@H]3C4)sc2c1. The van der Waals surface area contributed by atoms with Gasteiger partial charge in [-0.15, -0.1) is 0 Å². The van der Waals surface area contributed by atoms with Crippen LogP contribution in [0.3, 0.4) is 0 Å². The second-order valence-corrected chi connectivity index (χ2v) is 12.1. The smallest absolute Gasteiger partial charge is 0.337 e. The fourth-order valence-electron chi connectivity index (χ4n) is 5.88. The van der Waals surface area contributed by atoms with Gasteiger partial charge in [-0.1, -0.05) is 45.8 Å². The van der Waals surface area contributed by atoms with Crippen molar-refractivity contribution in [3.63, 3.8) is 0 Å². The maximum absolute atomic E-state index is 12.0. The van der Waals surface area contributed by atoms with Crippen molar-refractivity contribution in [1.82, 2.24) is 10.1 Å². The average Bonchev–Trinajstić information content (AvgIpc) is 3.24. The molecule has 3 aliphatic rings. The first kappa shape index (κ1) is 24.4. The molecule has 0 spiro atoms. The zero-order chi connectivity index (χ0) is 26.0. The molecule has 0 radical (unpaired) electrons. The average molecular weight is 570 g/mol. The molecule has 2 aromatic carbocycles. The van der Waals surface area contributed by atoms with Gasteiger partial charge >= 0.3 is 5.97 Å². The minimum atomic E-state index is -0.340. The summed E-state index contributed by atoms with van der Waals surface area (Å²) in [6.45, 7) is 1.37. The number of benzene rings is 2. The first-order valence-electron chi connectivity index (χ1n) is 12.8. The van der Waals surface area contributed by atoms with E-state index in [0.717, 1.165) is 58.9 Å². The van der Waals surface area contributed by atoms with Crippen molar-refractivity contribution in [3.8, 4) is 11.3 Å². The lowest BCUT2D eigenvalue weighted by Crippen LogP contribution is -2.42. The van der Waals surface area contributed by atoms with Crippen LogP contribution in [0.4, 0.5) is 5.13 Å². The van der Waals surface area contributed by atoms with E-state index < -0.39 is 0 Å². The molecule has 0 unspecified atom stereocenters. The van der Waals surface area contributed by atoms with Gasteiger partial charge in [-0.2, -0.15) is 0 Å². The molecule has 3 fully saturated rings. The number of fused-ring (bicyclic) bond motifs is 3. The Morgan fingerprint density at radius 1 is 1.18 bits per heavy atom. The highest BCUT2D eigenvalue weighted by atomic mass is 35.5. The number of aromatic nitrogens is 2. The maximum Gasteiger partial charge on any atom is 0.337 e. The molecule has 2 saturated carbocycles. The van der Waals surface area contributed by atoms with Crippen molar-refractivity contribution >= 4 is 55.9 Å². The van der Waals surface area contributed by atoms with Gasteiger partial charge in [0.2, 0.25) is 0 Å². The molecule has 3 atom stereocenters. The standard InChI is InChI=1S/C28H25Cl2N3O4S/c1-35-27(34)16-7-8-20-23(11-16)38-28(31-20)33-12-14-9-21(33)22(10-14)36-13-17-25(32-37-26(17)15-5-6-15)24-18(29)3-2-4-19(24)30/h2-4,7-8,11,14-15,21-22H,5-6,9-10,12-13H2,1H3/t14-,21+,22-/m0/s1. The molecule has 7 rings (SSSR count). The van der Waals surface area contributed by atoms with Gasteiger partial charge in [-0.05, 0) is 61.9 Å². The number of halogens is 2. The van der Waals surface area contributed by atoms with Crippen LogP contribution in [0.15, 0.2) is 40.9 Å². The van der Waals surface area contributed by atoms with Crippen molar-refractivity contribution in [1.29, 1.82) is 0 Å². The monoisotopic (exact) mass is 569 g/mol. The lowest BCUT2D eigenvalue weighted by Gasteiger charge is -2.33. The van der Waals surface area contributed by atoms with Crippen molar-refractivity contribution in [2.75, 3.05) is 18.6 Å². The normalized spacial score (nSPS) is 22.5. The van der Waals surface area contributed by atoms with E-state index in [0.29, 0.717) is 45.3 Å². The van der Waals surface area contributed by atoms with Gasteiger partial charge in [-0.25, -0.2) is 9.78 Å². The van der Waals surface area contributed by atoms with Crippen molar-refractivity contribution in [2.45, 2.75) is 50.4 Å². The highest BCUT2D eigenvalue weighted by molar-refractivity contribution is 7.22. The Kier molecular flexibility index (Phi) is 6.11. The van der Waals surface area contributed by atoms with Gasteiger partial charge in [-0.3, -0.25) is 0 Å². The zero-order valence-corrected chi connectivity index (χ0v) is 23.0. The molecule has 0 amide bonds.